The molecule has 1 N–H and O–H groups in total. The first-order chi connectivity index (χ1) is 15.9. The van der Waals surface area contributed by atoms with Crippen LogP contribution in [0.3, 0.4) is 0 Å². The van der Waals surface area contributed by atoms with Crippen LogP contribution in [0.2, 0.25) is 0 Å². The third-order valence-corrected chi connectivity index (χ3v) is 6.83. The Morgan fingerprint density at radius 1 is 1.03 bits per heavy atom. The van der Waals surface area contributed by atoms with Crippen LogP contribution < -0.4 is 15.0 Å². The lowest BCUT2D eigenvalue weighted by Gasteiger charge is -2.29. The number of hydrogen-bond acceptors (Lipinski definition) is 5. The van der Waals surface area contributed by atoms with Crippen molar-refractivity contribution in [3.63, 3.8) is 0 Å². The molecule has 0 radical (unpaired) electrons. The fourth-order valence-corrected chi connectivity index (χ4v) is 5.18. The monoisotopic (exact) mass is 465 g/mol. The molecular weight excluding hydrogens is 438 g/mol. The second-order valence-corrected chi connectivity index (χ2v) is 9.03. The third-order valence-electron chi connectivity index (χ3n) is 6.83. The predicted octanol–water partition coefficient (Wildman–Crippen LogP) is 4.35. The van der Waals surface area contributed by atoms with Crippen molar-refractivity contribution < 1.29 is 27.0 Å². The molecule has 9 heteroatoms. The minimum absolute atomic E-state index is 0.182. The standard InChI is InChI=1S/C24H27F4N3O2/c25-22-11-17(4-5-23(22)31-6-8-32-9-7-31)29-12-19-20-14-30(15-21(19)20)13-16-2-1-3-18(10-16)33-24(26,27)28/h1-5,10-11,19-21,29H,6-9,12-15H2. The van der Waals surface area contributed by atoms with Gasteiger partial charge in [-0.1, -0.05) is 12.1 Å². The minimum Gasteiger partial charge on any atom is -0.406 e. The highest BCUT2D eigenvalue weighted by Crippen LogP contribution is 2.52. The lowest BCUT2D eigenvalue weighted by atomic mass is 10.2. The van der Waals surface area contributed by atoms with Gasteiger partial charge in [-0.15, -0.1) is 13.2 Å². The number of nitrogens with zero attached hydrogens (tertiary/aromatic N) is 2. The summed E-state index contributed by atoms with van der Waals surface area (Å²) in [6.45, 7) is 5.89. The van der Waals surface area contributed by atoms with E-state index in [1.165, 1.54) is 12.1 Å². The summed E-state index contributed by atoms with van der Waals surface area (Å²) >= 11 is 0. The van der Waals surface area contributed by atoms with Gasteiger partial charge in [-0.2, -0.15) is 0 Å². The molecule has 2 aromatic carbocycles. The van der Waals surface area contributed by atoms with Gasteiger partial charge in [0.2, 0.25) is 0 Å². The predicted molar refractivity (Wildman–Crippen MR) is 117 cm³/mol. The highest BCUT2D eigenvalue weighted by atomic mass is 19.4. The lowest BCUT2D eigenvalue weighted by Crippen LogP contribution is -2.36. The SMILES string of the molecule is Fc1cc(NCC2C3CN(Cc4cccc(OC(F)(F)F)c4)CC23)ccc1N1CCOCC1. The summed E-state index contributed by atoms with van der Waals surface area (Å²) in [6.07, 6.45) is -4.68. The second-order valence-electron chi connectivity index (χ2n) is 9.03. The molecule has 0 bridgehead atoms. The Labute approximate surface area is 190 Å². The number of piperidine rings is 1. The number of alkyl halides is 3. The summed E-state index contributed by atoms with van der Waals surface area (Å²) < 4.78 is 61.2. The molecule has 1 aliphatic carbocycles. The molecule has 0 spiro atoms. The zero-order valence-corrected chi connectivity index (χ0v) is 18.2. The van der Waals surface area contributed by atoms with E-state index in [9.17, 15) is 17.6 Å². The number of morpholine rings is 1. The van der Waals surface area contributed by atoms with Crippen molar-refractivity contribution >= 4 is 11.4 Å². The Hall–Kier alpha value is -2.52. The van der Waals surface area contributed by atoms with Crippen molar-refractivity contribution in [2.24, 2.45) is 17.8 Å². The molecule has 2 aromatic rings. The number of fused-ring (bicyclic) bond motifs is 1. The molecule has 2 aliphatic heterocycles. The van der Waals surface area contributed by atoms with Crippen LogP contribution in [0.25, 0.3) is 0 Å². The molecule has 2 saturated heterocycles. The van der Waals surface area contributed by atoms with Crippen molar-refractivity contribution in [1.29, 1.82) is 0 Å². The van der Waals surface area contributed by atoms with Gasteiger partial charge in [-0.25, -0.2) is 4.39 Å². The average molecular weight is 465 g/mol. The van der Waals surface area contributed by atoms with Crippen LogP contribution in [-0.4, -0.2) is 57.2 Å². The third kappa shape index (κ3) is 5.35. The van der Waals surface area contributed by atoms with Crippen LogP contribution in [0.4, 0.5) is 28.9 Å². The summed E-state index contributed by atoms with van der Waals surface area (Å²) in [5.74, 6) is 1.29. The van der Waals surface area contributed by atoms with Gasteiger partial charge in [-0.05, 0) is 53.6 Å². The van der Waals surface area contributed by atoms with E-state index in [0.717, 1.165) is 30.9 Å². The van der Waals surface area contributed by atoms with Crippen LogP contribution in [0.5, 0.6) is 5.75 Å². The molecule has 3 aliphatic rings. The normalized spacial score (nSPS) is 25.1. The number of hydrogen-bond donors (Lipinski definition) is 1. The molecule has 178 valence electrons. The Kier molecular flexibility index (Phi) is 6.09. The minimum atomic E-state index is -4.68. The van der Waals surface area contributed by atoms with Crippen LogP contribution >= 0.6 is 0 Å². The maximum absolute atomic E-state index is 14.6. The van der Waals surface area contributed by atoms with Gasteiger partial charge >= 0.3 is 6.36 Å². The molecule has 0 aromatic heterocycles. The van der Waals surface area contributed by atoms with E-state index in [1.807, 2.05) is 23.1 Å². The lowest BCUT2D eigenvalue weighted by molar-refractivity contribution is -0.274. The van der Waals surface area contributed by atoms with Crippen molar-refractivity contribution in [1.82, 2.24) is 4.90 Å². The van der Waals surface area contributed by atoms with Crippen molar-refractivity contribution in [3.8, 4) is 5.75 Å². The second kappa shape index (κ2) is 9.02. The van der Waals surface area contributed by atoms with Gasteiger partial charge < -0.3 is 19.7 Å². The van der Waals surface area contributed by atoms with Crippen molar-refractivity contribution in [3.05, 3.63) is 53.8 Å². The smallest absolute Gasteiger partial charge is 0.406 e. The van der Waals surface area contributed by atoms with Crippen molar-refractivity contribution in [2.75, 3.05) is 56.2 Å². The first-order valence-electron chi connectivity index (χ1n) is 11.3. The molecule has 2 atom stereocenters. The summed E-state index contributed by atoms with van der Waals surface area (Å²) in [4.78, 5) is 4.28. The molecule has 33 heavy (non-hydrogen) atoms. The first-order valence-corrected chi connectivity index (χ1v) is 11.3. The summed E-state index contributed by atoms with van der Waals surface area (Å²) in [7, 11) is 0. The Balaban J connectivity index is 1.08. The van der Waals surface area contributed by atoms with E-state index >= 15 is 0 Å². The summed E-state index contributed by atoms with van der Waals surface area (Å²) in [5.41, 5.74) is 2.21. The number of likely N-dealkylation sites (tertiary alicyclic amines) is 1. The molecule has 1 saturated carbocycles. The number of nitrogens with one attached hydrogen (secondary N) is 1. The van der Waals surface area contributed by atoms with Gasteiger partial charge in [-0.3, -0.25) is 4.90 Å². The number of ether oxygens (including phenoxy) is 2. The van der Waals surface area contributed by atoms with Crippen LogP contribution in [0, 0.1) is 23.6 Å². The van der Waals surface area contributed by atoms with Gasteiger partial charge in [0.05, 0.1) is 18.9 Å². The molecular formula is C24H27F4N3O2. The van der Waals surface area contributed by atoms with E-state index in [4.69, 9.17) is 4.74 Å². The van der Waals surface area contributed by atoms with E-state index in [1.54, 1.807) is 12.1 Å². The number of rotatable bonds is 7. The Bertz CT molecular complexity index is 968. The molecule has 3 fully saturated rings. The van der Waals surface area contributed by atoms with E-state index in [2.05, 4.69) is 15.0 Å². The van der Waals surface area contributed by atoms with Crippen molar-refractivity contribution in [2.45, 2.75) is 12.9 Å². The van der Waals surface area contributed by atoms with E-state index < -0.39 is 6.36 Å². The zero-order chi connectivity index (χ0) is 23.0. The van der Waals surface area contributed by atoms with Gasteiger partial charge in [0.1, 0.15) is 11.6 Å². The molecule has 2 heterocycles. The zero-order valence-electron chi connectivity index (χ0n) is 18.2. The summed E-state index contributed by atoms with van der Waals surface area (Å²) in [6, 6.07) is 11.5. The average Bonchev–Trinajstić information content (AvgIpc) is 3.22. The number of halogens is 4. The highest BCUT2D eigenvalue weighted by Gasteiger charge is 2.54. The molecule has 0 amide bonds. The maximum atomic E-state index is 14.6. The van der Waals surface area contributed by atoms with Gasteiger partial charge in [0.25, 0.3) is 0 Å². The van der Waals surface area contributed by atoms with Crippen LogP contribution in [0.15, 0.2) is 42.5 Å². The number of anilines is 2. The topological polar surface area (TPSA) is 37.0 Å². The largest absolute Gasteiger partial charge is 0.573 e. The van der Waals surface area contributed by atoms with Gasteiger partial charge in [0.15, 0.2) is 0 Å². The molecule has 2 unspecified atom stereocenters. The van der Waals surface area contributed by atoms with Crippen LogP contribution in [-0.2, 0) is 11.3 Å². The Morgan fingerprint density at radius 2 is 1.79 bits per heavy atom. The van der Waals surface area contributed by atoms with Gasteiger partial charge in [0, 0.05) is 45.0 Å². The Morgan fingerprint density at radius 3 is 2.48 bits per heavy atom. The summed E-state index contributed by atoms with van der Waals surface area (Å²) in [5, 5.41) is 3.38. The number of benzene rings is 2. The molecule has 5 nitrogen and oxygen atoms in total. The van der Waals surface area contributed by atoms with E-state index in [0.29, 0.717) is 56.3 Å². The first kappa shape index (κ1) is 22.3. The molecule has 5 rings (SSSR count). The maximum Gasteiger partial charge on any atom is 0.573 e. The highest BCUT2D eigenvalue weighted by molar-refractivity contribution is 5.56. The van der Waals surface area contributed by atoms with E-state index in [-0.39, 0.29) is 11.6 Å². The fourth-order valence-electron chi connectivity index (χ4n) is 5.18. The quantitative estimate of drug-likeness (QED) is 0.616. The van der Waals surface area contributed by atoms with Crippen LogP contribution in [0.1, 0.15) is 5.56 Å². The fraction of sp³-hybridized carbons (Fsp3) is 0.500.